The predicted octanol–water partition coefficient (Wildman–Crippen LogP) is 2.99. The maximum Gasteiger partial charge on any atom is 0.433 e. The Bertz CT molecular complexity index is 1200. The molecule has 166 valence electrons. The quantitative estimate of drug-likeness (QED) is 0.373. The first-order valence-electron chi connectivity index (χ1n) is 10.5. The van der Waals surface area contributed by atoms with Crippen molar-refractivity contribution in [3.05, 3.63) is 68.9 Å². The van der Waals surface area contributed by atoms with Gasteiger partial charge >= 0.3 is 5.88 Å². The normalized spacial score (nSPS) is 17.5. The molecule has 1 unspecified atom stereocenters. The number of amidine groups is 1. The lowest BCUT2D eigenvalue weighted by Crippen LogP contribution is -2.52. The van der Waals surface area contributed by atoms with Gasteiger partial charge in [-0.2, -0.15) is 0 Å². The van der Waals surface area contributed by atoms with Gasteiger partial charge in [-0.1, -0.05) is 56.1 Å². The predicted molar refractivity (Wildman–Crippen MR) is 123 cm³/mol. The number of nitrogens with zero attached hydrogens (tertiary/aromatic N) is 4. The lowest BCUT2D eigenvalue weighted by molar-refractivity contribution is -0.402. The largest absolute Gasteiger partial charge is 0.433 e. The van der Waals surface area contributed by atoms with E-state index in [9.17, 15) is 14.9 Å². The number of unbranched alkanes of at least 4 members (excludes halogenated alkanes) is 3. The highest BCUT2D eigenvalue weighted by molar-refractivity contribution is 8.13. The number of nitrogens with one attached hydrogen (secondary N) is 1. The lowest BCUT2D eigenvalue weighted by atomic mass is 10.1. The van der Waals surface area contributed by atoms with E-state index >= 15 is 0 Å². The molecular formula is C22H23N5O4S. The molecule has 3 heterocycles. The first kappa shape index (κ1) is 21.8. The molecule has 0 spiro atoms. The van der Waals surface area contributed by atoms with Crippen molar-refractivity contribution in [2.45, 2.75) is 38.8 Å². The van der Waals surface area contributed by atoms with Crippen molar-refractivity contribution in [3.63, 3.8) is 0 Å². The van der Waals surface area contributed by atoms with E-state index in [-0.39, 0.29) is 11.8 Å². The Morgan fingerprint density at radius 3 is 2.88 bits per heavy atom. The number of rotatable bonds is 8. The highest BCUT2D eigenvalue weighted by Crippen LogP contribution is 2.23. The Morgan fingerprint density at radius 1 is 1.25 bits per heavy atom. The Hall–Kier alpha value is -3.40. The van der Waals surface area contributed by atoms with Crippen molar-refractivity contribution in [3.8, 4) is 0 Å². The SMILES string of the molecule is CCCCCCSC1=NN2C(=c3ccccc3=NC2/C=C/c2ccc([N+](=O)[O-])o2)C(=O)N1. The van der Waals surface area contributed by atoms with Gasteiger partial charge < -0.3 is 4.42 Å². The number of hydrogen-bond acceptors (Lipinski definition) is 8. The van der Waals surface area contributed by atoms with Crippen molar-refractivity contribution in [1.29, 1.82) is 0 Å². The molecule has 4 rings (SSSR count). The fourth-order valence-corrected chi connectivity index (χ4v) is 4.30. The summed E-state index contributed by atoms with van der Waals surface area (Å²) in [5.74, 6) is 0.626. The van der Waals surface area contributed by atoms with E-state index in [1.165, 1.54) is 36.7 Å². The summed E-state index contributed by atoms with van der Waals surface area (Å²) in [5.41, 5.74) is 0.422. The number of thioether (sulfide) groups is 1. The summed E-state index contributed by atoms with van der Waals surface area (Å²) in [6.07, 6.45) is 7.29. The third-order valence-corrected chi connectivity index (χ3v) is 5.96. The molecule has 0 radical (unpaired) electrons. The number of para-hydroxylation sites is 1. The second kappa shape index (κ2) is 9.82. The molecule has 0 fully saturated rings. The van der Waals surface area contributed by atoms with Crippen LogP contribution >= 0.6 is 11.8 Å². The zero-order valence-corrected chi connectivity index (χ0v) is 18.4. The molecule has 1 amide bonds. The van der Waals surface area contributed by atoms with Crippen molar-refractivity contribution < 1.29 is 14.1 Å². The molecule has 0 bridgehead atoms. The van der Waals surface area contributed by atoms with Gasteiger partial charge in [-0.3, -0.25) is 25.2 Å². The second-order valence-corrected chi connectivity index (χ2v) is 8.40. The van der Waals surface area contributed by atoms with E-state index in [0.29, 0.717) is 27.2 Å². The molecule has 32 heavy (non-hydrogen) atoms. The zero-order valence-electron chi connectivity index (χ0n) is 17.6. The molecule has 1 aromatic carbocycles. The van der Waals surface area contributed by atoms with Gasteiger partial charge in [0.05, 0.1) is 11.4 Å². The van der Waals surface area contributed by atoms with Gasteiger partial charge in [0, 0.05) is 11.0 Å². The summed E-state index contributed by atoms with van der Waals surface area (Å²) in [4.78, 5) is 28.0. The zero-order chi connectivity index (χ0) is 22.5. The molecule has 2 aliphatic heterocycles. The van der Waals surface area contributed by atoms with Crippen LogP contribution in [0.25, 0.3) is 11.8 Å². The van der Waals surface area contributed by atoms with Gasteiger partial charge in [0.25, 0.3) is 5.91 Å². The monoisotopic (exact) mass is 453 g/mol. The second-order valence-electron chi connectivity index (χ2n) is 7.31. The molecule has 0 saturated heterocycles. The summed E-state index contributed by atoms with van der Waals surface area (Å²) >= 11 is 1.52. The van der Waals surface area contributed by atoms with Crippen LogP contribution in [0.1, 0.15) is 38.4 Å². The average Bonchev–Trinajstić information content (AvgIpc) is 3.26. The number of benzene rings is 1. The third kappa shape index (κ3) is 4.75. The lowest BCUT2D eigenvalue weighted by Gasteiger charge is -2.32. The number of hydrazone groups is 1. The van der Waals surface area contributed by atoms with E-state index in [0.717, 1.165) is 18.6 Å². The third-order valence-electron chi connectivity index (χ3n) is 5.01. The minimum absolute atomic E-state index is 0.231. The minimum atomic E-state index is -0.592. The van der Waals surface area contributed by atoms with Crippen LogP contribution in [0, 0.1) is 10.1 Å². The number of hydrogen-bond donors (Lipinski definition) is 1. The fraction of sp³-hybridized carbons (Fsp3) is 0.318. The Labute approximate surface area is 188 Å². The van der Waals surface area contributed by atoms with Crippen LogP contribution in [0.2, 0.25) is 0 Å². The van der Waals surface area contributed by atoms with E-state index < -0.39 is 11.1 Å². The Balaban J connectivity index is 1.63. The fourth-order valence-electron chi connectivity index (χ4n) is 3.45. The molecule has 0 saturated carbocycles. The first-order chi connectivity index (χ1) is 15.6. The van der Waals surface area contributed by atoms with Crippen LogP contribution in [0.15, 0.2) is 57.0 Å². The summed E-state index contributed by atoms with van der Waals surface area (Å²) < 4.78 is 5.20. The number of fused-ring (bicyclic) bond motifs is 2. The summed E-state index contributed by atoms with van der Waals surface area (Å²) in [6.45, 7) is 2.17. The van der Waals surface area contributed by atoms with Gasteiger partial charge in [-0.25, -0.2) is 5.01 Å². The highest BCUT2D eigenvalue weighted by atomic mass is 32.2. The van der Waals surface area contributed by atoms with Crippen molar-refractivity contribution in [1.82, 2.24) is 10.3 Å². The molecule has 1 atom stereocenters. The standard InChI is InChI=1S/C22H23N5O4S/c1-2-3-4-7-14-32-22-24-21(28)20-16-8-5-6-9-17(16)23-18(26(20)25-22)12-10-15-11-13-19(31-15)27(29)30/h5-6,8-13,18H,2-4,7,14H2,1H3,(H,24,25,28)/b12-10+. The number of furan rings is 1. The Kier molecular flexibility index (Phi) is 6.69. The first-order valence-corrected chi connectivity index (χ1v) is 11.5. The molecular weight excluding hydrogens is 430 g/mol. The van der Waals surface area contributed by atoms with Crippen LogP contribution in [0.5, 0.6) is 0 Å². The van der Waals surface area contributed by atoms with Gasteiger partial charge in [-0.15, -0.1) is 5.10 Å². The van der Waals surface area contributed by atoms with E-state index in [4.69, 9.17) is 9.41 Å². The highest BCUT2D eigenvalue weighted by Gasteiger charge is 2.32. The van der Waals surface area contributed by atoms with Gasteiger partial charge in [0.2, 0.25) is 0 Å². The van der Waals surface area contributed by atoms with Crippen molar-refractivity contribution >= 4 is 40.5 Å². The summed E-state index contributed by atoms with van der Waals surface area (Å²) in [5, 5.41) is 21.9. The van der Waals surface area contributed by atoms with E-state index in [1.54, 1.807) is 17.2 Å². The van der Waals surface area contributed by atoms with Crippen molar-refractivity contribution in [2.24, 2.45) is 10.1 Å². The Morgan fingerprint density at radius 2 is 2.09 bits per heavy atom. The molecule has 2 aromatic rings. The van der Waals surface area contributed by atoms with Crippen LogP contribution < -0.4 is 15.9 Å². The van der Waals surface area contributed by atoms with E-state index in [1.807, 2.05) is 24.3 Å². The summed E-state index contributed by atoms with van der Waals surface area (Å²) in [6, 6.07) is 10.2. The van der Waals surface area contributed by atoms with Gasteiger partial charge in [-0.05, 0) is 30.7 Å². The molecule has 1 N–H and O–H groups in total. The summed E-state index contributed by atoms with van der Waals surface area (Å²) in [7, 11) is 0. The van der Waals surface area contributed by atoms with Crippen molar-refractivity contribution in [2.75, 3.05) is 5.75 Å². The smallest absolute Gasteiger partial charge is 0.401 e. The minimum Gasteiger partial charge on any atom is -0.401 e. The number of carbonyl (C=O) groups excluding carboxylic acids is 1. The number of nitro groups is 1. The molecule has 10 heteroatoms. The maximum absolute atomic E-state index is 13.0. The average molecular weight is 454 g/mol. The van der Waals surface area contributed by atoms with Crippen LogP contribution in [-0.4, -0.2) is 32.9 Å². The van der Waals surface area contributed by atoms with Gasteiger partial charge in [0.1, 0.15) is 16.4 Å². The molecule has 0 aliphatic carbocycles. The number of amides is 1. The van der Waals surface area contributed by atoms with Crippen LogP contribution in [0.4, 0.5) is 5.88 Å². The van der Waals surface area contributed by atoms with E-state index in [2.05, 4.69) is 17.3 Å². The maximum atomic E-state index is 13.0. The van der Waals surface area contributed by atoms with Crippen LogP contribution in [0.3, 0.4) is 0 Å². The molecule has 2 aliphatic rings. The number of carbonyl (C=O) groups is 1. The van der Waals surface area contributed by atoms with Crippen LogP contribution in [-0.2, 0) is 4.79 Å². The van der Waals surface area contributed by atoms with Gasteiger partial charge in [0.15, 0.2) is 11.3 Å². The molecule has 9 nitrogen and oxygen atoms in total. The molecule has 1 aromatic heterocycles. The topological polar surface area (TPSA) is 113 Å².